The van der Waals surface area contributed by atoms with Gasteiger partial charge in [-0.15, -0.1) is 0 Å². The maximum Gasteiger partial charge on any atom is 0.502 e. The molecular formula is C26H27ClF2N4O6. The number of hydrogen-bond donors (Lipinski definition) is 0. The third-order valence-electron chi connectivity index (χ3n) is 6.32. The number of esters is 1. The van der Waals surface area contributed by atoms with Crippen molar-refractivity contribution in [2.45, 2.75) is 57.9 Å². The summed E-state index contributed by atoms with van der Waals surface area (Å²) in [6, 6.07) is 5.98. The number of benzene rings is 1. The molecule has 208 valence electrons. The molecule has 2 bridgehead atoms. The Morgan fingerprint density at radius 3 is 2.49 bits per heavy atom. The fourth-order valence-electron chi connectivity index (χ4n) is 4.70. The van der Waals surface area contributed by atoms with E-state index >= 15 is 0 Å². The summed E-state index contributed by atoms with van der Waals surface area (Å²) in [5, 5.41) is 0.421. The molecule has 13 heteroatoms. The van der Waals surface area contributed by atoms with Gasteiger partial charge in [0.05, 0.1) is 29.4 Å². The van der Waals surface area contributed by atoms with Crippen LogP contribution in [-0.2, 0) is 14.3 Å². The highest BCUT2D eigenvalue weighted by Crippen LogP contribution is 2.41. The first kappa shape index (κ1) is 26.9. The lowest BCUT2D eigenvalue weighted by Crippen LogP contribution is -2.70. The van der Waals surface area contributed by atoms with Gasteiger partial charge in [-0.2, -0.15) is 13.8 Å². The number of carbonyl (C=O) groups is 2. The Morgan fingerprint density at radius 2 is 1.87 bits per heavy atom. The quantitative estimate of drug-likeness (QED) is 0.370. The van der Waals surface area contributed by atoms with Gasteiger partial charge in [0.15, 0.2) is 16.8 Å². The molecule has 2 atom stereocenters. The lowest BCUT2D eigenvalue weighted by molar-refractivity contribution is -0.216. The average molecular weight is 565 g/mol. The summed E-state index contributed by atoms with van der Waals surface area (Å²) in [6.45, 7) is 7.42. The van der Waals surface area contributed by atoms with Gasteiger partial charge < -0.3 is 23.5 Å². The SMILES string of the molecule is CCOC(=O)C(F)(F)Oc1ccc(-c2ccc(Cl)cn2)c2oc(N3CC4CC(C3)N4C(=O)OC(C)(C)C)nc12. The summed E-state index contributed by atoms with van der Waals surface area (Å²) in [5.74, 6) is -2.18. The monoisotopic (exact) mass is 564 g/mol. The first-order valence-electron chi connectivity index (χ1n) is 12.4. The molecule has 1 amide bonds. The molecule has 2 aromatic heterocycles. The van der Waals surface area contributed by atoms with E-state index in [2.05, 4.69) is 14.7 Å². The van der Waals surface area contributed by atoms with Crippen LogP contribution in [0.1, 0.15) is 34.1 Å². The van der Waals surface area contributed by atoms with E-state index in [1.165, 1.54) is 25.3 Å². The molecule has 0 spiro atoms. The summed E-state index contributed by atoms with van der Waals surface area (Å²) in [4.78, 5) is 36.7. The largest absolute Gasteiger partial charge is 0.502 e. The predicted octanol–water partition coefficient (Wildman–Crippen LogP) is 5.28. The molecule has 3 saturated heterocycles. The standard InChI is InChI=1S/C26H27ClF2N4O6/c1-5-36-22(34)26(28,29)38-19-9-7-17(18-8-6-14(27)11-30-18)21-20(19)31-23(37-21)32-12-15-10-16(13-32)33(15)24(35)39-25(2,3)4/h6-9,11,15-16H,5,10,12-13H2,1-4H3. The highest BCUT2D eigenvalue weighted by Gasteiger charge is 2.50. The molecule has 3 aliphatic rings. The van der Waals surface area contributed by atoms with E-state index in [9.17, 15) is 18.4 Å². The van der Waals surface area contributed by atoms with E-state index in [4.69, 9.17) is 25.5 Å². The number of halogens is 3. The number of carbonyl (C=O) groups excluding carboxylic acids is 2. The fraction of sp³-hybridized carbons (Fsp3) is 0.462. The highest BCUT2D eigenvalue weighted by atomic mass is 35.5. The van der Waals surface area contributed by atoms with Gasteiger partial charge in [-0.05, 0) is 58.4 Å². The van der Waals surface area contributed by atoms with E-state index in [0.717, 1.165) is 6.42 Å². The molecule has 0 aliphatic carbocycles. The van der Waals surface area contributed by atoms with Gasteiger partial charge in [0, 0.05) is 24.8 Å². The minimum Gasteiger partial charge on any atom is -0.459 e. The number of fused-ring (bicyclic) bond motifs is 3. The zero-order chi connectivity index (χ0) is 28.1. The van der Waals surface area contributed by atoms with E-state index in [1.807, 2.05) is 25.7 Å². The number of hydrogen-bond acceptors (Lipinski definition) is 9. The van der Waals surface area contributed by atoms with Crippen molar-refractivity contribution in [3.8, 4) is 17.0 Å². The number of anilines is 1. The number of ether oxygens (including phenoxy) is 3. The normalized spacial score (nSPS) is 19.1. The van der Waals surface area contributed by atoms with Crippen molar-refractivity contribution in [3.05, 3.63) is 35.5 Å². The average Bonchev–Trinajstić information content (AvgIpc) is 3.30. The van der Waals surface area contributed by atoms with Crippen LogP contribution in [0.3, 0.4) is 0 Å². The van der Waals surface area contributed by atoms with Gasteiger partial charge in [0.2, 0.25) is 0 Å². The minimum absolute atomic E-state index is 0.0218. The molecule has 5 heterocycles. The summed E-state index contributed by atoms with van der Waals surface area (Å²) >= 11 is 5.97. The molecule has 6 rings (SSSR count). The van der Waals surface area contributed by atoms with Crippen molar-refractivity contribution in [2.75, 3.05) is 24.6 Å². The summed E-state index contributed by atoms with van der Waals surface area (Å²) in [6.07, 6.45) is -2.38. The van der Waals surface area contributed by atoms with E-state index in [-0.39, 0.29) is 47.6 Å². The molecule has 0 N–H and O–H groups in total. The minimum atomic E-state index is -4.25. The molecule has 10 nitrogen and oxygen atoms in total. The molecular weight excluding hydrogens is 538 g/mol. The maximum absolute atomic E-state index is 14.5. The molecule has 1 aromatic carbocycles. The third-order valence-corrected chi connectivity index (χ3v) is 6.54. The van der Waals surface area contributed by atoms with Gasteiger partial charge in [0.1, 0.15) is 5.60 Å². The Morgan fingerprint density at radius 1 is 1.15 bits per heavy atom. The van der Waals surface area contributed by atoms with Crippen LogP contribution in [0, 0.1) is 0 Å². The zero-order valence-corrected chi connectivity index (χ0v) is 22.5. The fourth-order valence-corrected chi connectivity index (χ4v) is 4.81. The van der Waals surface area contributed by atoms with Crippen LogP contribution in [0.4, 0.5) is 19.6 Å². The van der Waals surface area contributed by atoms with Gasteiger partial charge >= 0.3 is 18.2 Å². The molecule has 2 unspecified atom stereocenters. The topological polar surface area (TPSA) is 107 Å². The van der Waals surface area contributed by atoms with Crippen LogP contribution < -0.4 is 9.64 Å². The Bertz CT molecular complexity index is 1400. The maximum atomic E-state index is 14.5. The Kier molecular flexibility index (Phi) is 6.78. The number of nitrogens with zero attached hydrogens (tertiary/aromatic N) is 4. The van der Waals surface area contributed by atoms with Gasteiger partial charge in [0.25, 0.3) is 6.01 Å². The summed E-state index contributed by atoms with van der Waals surface area (Å²) < 4.78 is 49.9. The number of piperazine rings is 1. The summed E-state index contributed by atoms with van der Waals surface area (Å²) in [7, 11) is 0. The number of rotatable bonds is 6. The number of amides is 1. The van der Waals surface area contributed by atoms with Gasteiger partial charge in [-0.25, -0.2) is 9.59 Å². The van der Waals surface area contributed by atoms with Crippen LogP contribution >= 0.6 is 11.6 Å². The lowest BCUT2D eigenvalue weighted by Gasteiger charge is -2.55. The summed E-state index contributed by atoms with van der Waals surface area (Å²) in [5.41, 5.74) is 0.430. The molecule has 0 saturated carbocycles. The number of piperidine rings is 1. The molecule has 39 heavy (non-hydrogen) atoms. The number of alkyl halides is 2. The van der Waals surface area contributed by atoms with Crippen molar-refractivity contribution in [2.24, 2.45) is 0 Å². The van der Waals surface area contributed by atoms with Crippen molar-refractivity contribution in [1.82, 2.24) is 14.9 Å². The van der Waals surface area contributed by atoms with Crippen molar-refractivity contribution < 1.29 is 37.0 Å². The van der Waals surface area contributed by atoms with Crippen molar-refractivity contribution in [1.29, 1.82) is 0 Å². The van der Waals surface area contributed by atoms with Crippen LogP contribution in [0.15, 0.2) is 34.9 Å². The zero-order valence-electron chi connectivity index (χ0n) is 21.7. The van der Waals surface area contributed by atoms with Gasteiger partial charge in [-0.3, -0.25) is 9.88 Å². The Hall–Kier alpha value is -3.67. The second kappa shape index (κ2) is 9.82. The molecule has 3 aliphatic heterocycles. The molecule has 3 aromatic rings. The first-order valence-corrected chi connectivity index (χ1v) is 12.8. The van der Waals surface area contributed by atoms with E-state index < -0.39 is 17.7 Å². The first-order chi connectivity index (χ1) is 18.4. The van der Waals surface area contributed by atoms with Crippen LogP contribution in [0.25, 0.3) is 22.4 Å². The molecule has 3 fully saturated rings. The van der Waals surface area contributed by atoms with Crippen LogP contribution in [-0.4, -0.2) is 70.4 Å². The Balaban J connectivity index is 1.48. The number of pyridine rings is 1. The van der Waals surface area contributed by atoms with Crippen LogP contribution in [0.2, 0.25) is 5.02 Å². The number of oxazole rings is 1. The van der Waals surface area contributed by atoms with Crippen LogP contribution in [0.5, 0.6) is 5.75 Å². The third kappa shape index (κ3) is 5.29. The van der Waals surface area contributed by atoms with Crippen molar-refractivity contribution in [3.63, 3.8) is 0 Å². The van der Waals surface area contributed by atoms with E-state index in [1.54, 1.807) is 17.0 Å². The van der Waals surface area contributed by atoms with Gasteiger partial charge in [-0.1, -0.05) is 11.6 Å². The molecule has 0 radical (unpaired) electrons. The smallest absolute Gasteiger partial charge is 0.459 e. The second-order valence-corrected chi connectivity index (χ2v) is 10.8. The van der Waals surface area contributed by atoms with Crippen molar-refractivity contribution >= 4 is 40.8 Å². The lowest BCUT2D eigenvalue weighted by atomic mass is 9.88. The Labute approximate surface area is 227 Å². The second-order valence-electron chi connectivity index (χ2n) is 10.3. The number of aromatic nitrogens is 2. The highest BCUT2D eigenvalue weighted by molar-refractivity contribution is 6.30. The van der Waals surface area contributed by atoms with E-state index in [0.29, 0.717) is 29.4 Å². The predicted molar refractivity (Wildman–Crippen MR) is 137 cm³/mol.